The fourth-order valence-corrected chi connectivity index (χ4v) is 3.54. The lowest BCUT2D eigenvalue weighted by molar-refractivity contribution is 0.0946. The van der Waals surface area contributed by atoms with E-state index in [0.717, 1.165) is 49.0 Å². The predicted molar refractivity (Wildman–Crippen MR) is 103 cm³/mol. The number of rotatable bonds is 4. The van der Waals surface area contributed by atoms with E-state index >= 15 is 0 Å². The Balaban J connectivity index is 1.40. The highest BCUT2D eigenvalue weighted by molar-refractivity contribution is 5.97. The summed E-state index contributed by atoms with van der Waals surface area (Å²) in [6.07, 6.45) is 1.91. The minimum Gasteiger partial charge on any atom is -0.489 e. The molecule has 0 spiro atoms. The number of carbonyl (C=O) groups excluding carboxylic acids is 1. The largest absolute Gasteiger partial charge is 0.489 e. The summed E-state index contributed by atoms with van der Waals surface area (Å²) in [7, 11) is 0. The van der Waals surface area contributed by atoms with Crippen molar-refractivity contribution in [1.82, 2.24) is 10.3 Å². The Morgan fingerprint density at radius 2 is 2.04 bits per heavy atom. The summed E-state index contributed by atoms with van der Waals surface area (Å²) in [4.78, 5) is 19.4. The standard InChI is InChI=1S/C21H25N3O3/c1-14-15(2)27-20-17(14)4-3-5-18(20)21(25)23-13-16-6-7-19(22-12-16)24-8-10-26-11-9-24/h3-7,12,14-15H,8-11,13H2,1-2H3,(H,23,25). The SMILES string of the molecule is CC1Oc2c(C(=O)NCc3ccc(N4CCOCC4)nc3)cccc2C1C. The van der Waals surface area contributed by atoms with Gasteiger partial charge in [-0.15, -0.1) is 0 Å². The van der Waals surface area contributed by atoms with E-state index in [1.54, 1.807) is 0 Å². The van der Waals surface area contributed by atoms with E-state index in [1.165, 1.54) is 0 Å². The first-order chi connectivity index (χ1) is 13.1. The van der Waals surface area contributed by atoms with Gasteiger partial charge in [-0.05, 0) is 24.6 Å². The van der Waals surface area contributed by atoms with Crippen molar-refractivity contribution in [2.45, 2.75) is 32.4 Å². The van der Waals surface area contributed by atoms with Gasteiger partial charge in [-0.1, -0.05) is 25.1 Å². The third-order valence-corrected chi connectivity index (χ3v) is 5.39. The number of carbonyl (C=O) groups is 1. The molecule has 1 N–H and O–H groups in total. The molecule has 4 rings (SSSR count). The lowest BCUT2D eigenvalue weighted by atomic mass is 9.97. The van der Waals surface area contributed by atoms with Crippen LogP contribution in [0.5, 0.6) is 5.75 Å². The molecule has 2 atom stereocenters. The molecule has 142 valence electrons. The zero-order valence-corrected chi connectivity index (χ0v) is 15.8. The lowest BCUT2D eigenvalue weighted by Crippen LogP contribution is -2.36. The zero-order valence-electron chi connectivity index (χ0n) is 15.8. The molecule has 6 heteroatoms. The van der Waals surface area contributed by atoms with Crippen LogP contribution >= 0.6 is 0 Å². The van der Waals surface area contributed by atoms with Crippen LogP contribution in [0.3, 0.4) is 0 Å². The summed E-state index contributed by atoms with van der Waals surface area (Å²) < 4.78 is 11.3. The Kier molecular flexibility index (Phi) is 4.99. The van der Waals surface area contributed by atoms with Crippen LogP contribution in [0.4, 0.5) is 5.82 Å². The first-order valence-corrected chi connectivity index (χ1v) is 9.49. The first-order valence-electron chi connectivity index (χ1n) is 9.49. The van der Waals surface area contributed by atoms with E-state index in [1.807, 2.05) is 43.5 Å². The van der Waals surface area contributed by atoms with Gasteiger partial charge in [0, 0.05) is 37.3 Å². The maximum Gasteiger partial charge on any atom is 0.255 e. The number of fused-ring (bicyclic) bond motifs is 1. The normalized spacial score (nSPS) is 21.5. The number of ether oxygens (including phenoxy) is 2. The highest BCUT2D eigenvalue weighted by atomic mass is 16.5. The quantitative estimate of drug-likeness (QED) is 0.900. The van der Waals surface area contributed by atoms with E-state index in [4.69, 9.17) is 9.47 Å². The molecule has 1 amide bonds. The number of para-hydroxylation sites is 1. The van der Waals surface area contributed by atoms with Crippen molar-refractivity contribution in [1.29, 1.82) is 0 Å². The average molecular weight is 367 g/mol. The highest BCUT2D eigenvalue weighted by Crippen LogP contribution is 2.40. The van der Waals surface area contributed by atoms with Crippen molar-refractivity contribution in [2.75, 3.05) is 31.2 Å². The van der Waals surface area contributed by atoms with Crippen molar-refractivity contribution >= 4 is 11.7 Å². The van der Waals surface area contributed by atoms with Crippen LogP contribution in [-0.2, 0) is 11.3 Å². The van der Waals surface area contributed by atoms with Crippen molar-refractivity contribution < 1.29 is 14.3 Å². The zero-order chi connectivity index (χ0) is 18.8. The highest BCUT2D eigenvalue weighted by Gasteiger charge is 2.30. The van der Waals surface area contributed by atoms with Gasteiger partial charge in [-0.25, -0.2) is 4.98 Å². The lowest BCUT2D eigenvalue weighted by Gasteiger charge is -2.27. The summed E-state index contributed by atoms with van der Waals surface area (Å²) in [5.41, 5.74) is 2.67. The molecular formula is C21H25N3O3. The van der Waals surface area contributed by atoms with E-state index < -0.39 is 0 Å². The Labute approximate surface area is 159 Å². The molecule has 3 heterocycles. The van der Waals surface area contributed by atoms with Gasteiger partial charge in [-0.3, -0.25) is 4.79 Å². The molecule has 1 fully saturated rings. The summed E-state index contributed by atoms with van der Waals surface area (Å²) in [5, 5.41) is 2.98. The Morgan fingerprint density at radius 1 is 1.22 bits per heavy atom. The van der Waals surface area contributed by atoms with Crippen molar-refractivity contribution in [3.05, 3.63) is 53.2 Å². The van der Waals surface area contributed by atoms with Crippen LogP contribution in [0.15, 0.2) is 36.5 Å². The molecule has 2 aromatic rings. The van der Waals surface area contributed by atoms with Gasteiger partial charge in [0.1, 0.15) is 17.7 Å². The maximum absolute atomic E-state index is 12.7. The summed E-state index contributed by atoms with van der Waals surface area (Å²) in [6.45, 7) is 7.79. The van der Waals surface area contributed by atoms with E-state index in [-0.39, 0.29) is 12.0 Å². The third kappa shape index (κ3) is 3.62. The van der Waals surface area contributed by atoms with Gasteiger partial charge in [0.2, 0.25) is 0 Å². The Morgan fingerprint density at radius 3 is 2.78 bits per heavy atom. The van der Waals surface area contributed by atoms with E-state index in [0.29, 0.717) is 18.0 Å². The molecule has 0 bridgehead atoms. The molecule has 0 radical (unpaired) electrons. The summed E-state index contributed by atoms with van der Waals surface area (Å²) >= 11 is 0. The number of amides is 1. The van der Waals surface area contributed by atoms with Crippen LogP contribution in [0.1, 0.15) is 41.3 Å². The van der Waals surface area contributed by atoms with Gasteiger partial charge >= 0.3 is 0 Å². The third-order valence-electron chi connectivity index (χ3n) is 5.39. The van der Waals surface area contributed by atoms with Crippen LogP contribution in [0.25, 0.3) is 0 Å². The molecule has 6 nitrogen and oxygen atoms in total. The second-order valence-corrected chi connectivity index (χ2v) is 7.14. The first kappa shape index (κ1) is 17.8. The predicted octanol–water partition coefficient (Wildman–Crippen LogP) is 2.73. The van der Waals surface area contributed by atoms with Crippen molar-refractivity contribution in [3.8, 4) is 5.75 Å². The minimum absolute atomic E-state index is 0.0888. The van der Waals surface area contributed by atoms with Gasteiger partial charge < -0.3 is 19.7 Å². The summed E-state index contributed by atoms with van der Waals surface area (Å²) in [6, 6.07) is 9.78. The molecule has 2 aliphatic rings. The maximum atomic E-state index is 12.7. The minimum atomic E-state index is -0.120. The van der Waals surface area contributed by atoms with Gasteiger partial charge in [0.15, 0.2) is 0 Å². The van der Waals surface area contributed by atoms with Crippen molar-refractivity contribution in [2.24, 2.45) is 0 Å². The number of hydrogen-bond acceptors (Lipinski definition) is 5. The molecule has 27 heavy (non-hydrogen) atoms. The molecule has 2 aliphatic heterocycles. The average Bonchev–Trinajstić information content (AvgIpc) is 3.01. The molecule has 1 aromatic carbocycles. The van der Waals surface area contributed by atoms with Gasteiger partial charge in [0.05, 0.1) is 18.8 Å². The summed E-state index contributed by atoms with van der Waals surface area (Å²) in [5.74, 6) is 1.84. The number of benzene rings is 1. The fourth-order valence-electron chi connectivity index (χ4n) is 3.54. The fraction of sp³-hybridized carbons (Fsp3) is 0.429. The Hall–Kier alpha value is -2.60. The number of aromatic nitrogens is 1. The number of nitrogens with one attached hydrogen (secondary N) is 1. The number of nitrogens with zero attached hydrogens (tertiary/aromatic N) is 2. The smallest absolute Gasteiger partial charge is 0.255 e. The van der Waals surface area contributed by atoms with Crippen LogP contribution in [0.2, 0.25) is 0 Å². The van der Waals surface area contributed by atoms with Crippen LogP contribution < -0.4 is 15.0 Å². The molecule has 0 aliphatic carbocycles. The number of pyridine rings is 1. The van der Waals surface area contributed by atoms with Gasteiger partial charge in [0.25, 0.3) is 5.91 Å². The molecular weight excluding hydrogens is 342 g/mol. The topological polar surface area (TPSA) is 63.7 Å². The molecule has 0 saturated carbocycles. The monoisotopic (exact) mass is 367 g/mol. The van der Waals surface area contributed by atoms with E-state index in [9.17, 15) is 4.79 Å². The molecule has 1 saturated heterocycles. The second kappa shape index (κ2) is 7.56. The second-order valence-electron chi connectivity index (χ2n) is 7.14. The molecule has 2 unspecified atom stereocenters. The number of hydrogen-bond donors (Lipinski definition) is 1. The van der Waals surface area contributed by atoms with Crippen LogP contribution in [0, 0.1) is 0 Å². The van der Waals surface area contributed by atoms with Crippen LogP contribution in [-0.4, -0.2) is 43.3 Å². The van der Waals surface area contributed by atoms with Gasteiger partial charge in [-0.2, -0.15) is 0 Å². The van der Waals surface area contributed by atoms with E-state index in [2.05, 4.69) is 22.1 Å². The molecule has 1 aromatic heterocycles. The number of morpholine rings is 1. The van der Waals surface area contributed by atoms with Crippen molar-refractivity contribution in [3.63, 3.8) is 0 Å². The Bertz CT molecular complexity index is 816. The number of anilines is 1.